The van der Waals surface area contributed by atoms with Crippen molar-refractivity contribution in [2.24, 2.45) is 0 Å². The average molecular weight is 375 g/mol. The first-order valence-corrected chi connectivity index (χ1v) is 10.1. The maximum absolute atomic E-state index is 13.1. The monoisotopic (exact) mass is 375 g/mol. The van der Waals surface area contributed by atoms with Crippen LogP contribution in [0.1, 0.15) is 17.5 Å². The molecule has 4 rings (SSSR count). The quantitative estimate of drug-likeness (QED) is 0.699. The highest BCUT2D eigenvalue weighted by atomic mass is 32.2. The van der Waals surface area contributed by atoms with Crippen molar-refractivity contribution in [3.8, 4) is 17.2 Å². The normalized spacial score (nSPS) is 13.7. The van der Waals surface area contributed by atoms with Gasteiger partial charge in [0.25, 0.3) is 10.0 Å². The largest absolute Gasteiger partial charge is 0.266 e. The molecule has 1 aliphatic heterocycles. The van der Waals surface area contributed by atoms with Crippen molar-refractivity contribution >= 4 is 15.7 Å². The van der Waals surface area contributed by atoms with Crippen LogP contribution in [-0.4, -0.2) is 19.9 Å². The average Bonchev–Trinajstić information content (AvgIpc) is 2.73. The number of sulfonamides is 1. The van der Waals surface area contributed by atoms with Crippen LogP contribution in [0.4, 0.5) is 5.69 Å². The Hall–Kier alpha value is -3.17. The van der Waals surface area contributed by atoms with E-state index in [9.17, 15) is 8.42 Å². The molecular formula is C21H17N3O2S. The predicted molar refractivity (Wildman–Crippen MR) is 104 cm³/mol. The van der Waals surface area contributed by atoms with Crippen molar-refractivity contribution in [2.45, 2.75) is 17.7 Å². The maximum Gasteiger partial charge on any atom is 0.264 e. The highest BCUT2D eigenvalue weighted by Gasteiger charge is 2.29. The number of fused-ring (bicyclic) bond motifs is 1. The summed E-state index contributed by atoms with van der Waals surface area (Å²) in [4.78, 5) is 4.35. The first-order valence-electron chi connectivity index (χ1n) is 8.66. The Morgan fingerprint density at radius 2 is 1.85 bits per heavy atom. The third-order valence-electron chi connectivity index (χ3n) is 4.72. The lowest BCUT2D eigenvalue weighted by Gasteiger charge is -2.31. The lowest BCUT2D eigenvalue weighted by molar-refractivity contribution is 0.586. The van der Waals surface area contributed by atoms with Crippen LogP contribution >= 0.6 is 0 Å². The van der Waals surface area contributed by atoms with Gasteiger partial charge in [0.05, 0.1) is 22.2 Å². The van der Waals surface area contributed by atoms with Crippen LogP contribution in [-0.2, 0) is 16.4 Å². The molecule has 5 nitrogen and oxygen atoms in total. The number of aryl methyl sites for hydroxylation is 1. The summed E-state index contributed by atoms with van der Waals surface area (Å²) in [5, 5.41) is 8.92. The van der Waals surface area contributed by atoms with Gasteiger partial charge in [-0.25, -0.2) is 8.42 Å². The second-order valence-electron chi connectivity index (χ2n) is 6.40. The summed E-state index contributed by atoms with van der Waals surface area (Å²) in [5.74, 6) is 0. The fraction of sp³-hybridized carbons (Fsp3) is 0.143. The zero-order valence-corrected chi connectivity index (χ0v) is 15.4. The lowest BCUT2D eigenvalue weighted by atomic mass is 9.98. The predicted octanol–water partition coefficient (Wildman–Crippen LogP) is 3.76. The molecule has 0 radical (unpaired) electrons. The minimum absolute atomic E-state index is 0.200. The maximum atomic E-state index is 13.1. The second kappa shape index (κ2) is 6.86. The standard InChI is InChI=1S/C21H17N3O2S/c22-14-16-5-8-20(9-6-16)27(25,26)24-12-2-4-18-13-17(7-10-21(18)24)19-3-1-11-23-15-19/h1,3,5-11,13,15H,2,4,12H2. The lowest BCUT2D eigenvalue weighted by Crippen LogP contribution is -2.35. The molecule has 0 saturated heterocycles. The molecule has 0 unspecified atom stereocenters. The van der Waals surface area contributed by atoms with E-state index in [-0.39, 0.29) is 4.90 Å². The van der Waals surface area contributed by atoms with Gasteiger partial charge in [-0.1, -0.05) is 12.1 Å². The van der Waals surface area contributed by atoms with E-state index in [2.05, 4.69) is 4.98 Å². The van der Waals surface area contributed by atoms with Gasteiger partial charge in [-0.3, -0.25) is 9.29 Å². The molecule has 2 aromatic carbocycles. The number of rotatable bonds is 3. The minimum Gasteiger partial charge on any atom is -0.266 e. The van der Waals surface area contributed by atoms with Crippen LogP contribution in [0.25, 0.3) is 11.1 Å². The van der Waals surface area contributed by atoms with E-state index >= 15 is 0 Å². The zero-order chi connectivity index (χ0) is 18.9. The Labute approximate surface area is 158 Å². The van der Waals surface area contributed by atoms with Gasteiger partial charge in [-0.2, -0.15) is 5.26 Å². The highest BCUT2D eigenvalue weighted by Crippen LogP contribution is 2.34. The Bertz CT molecular complexity index is 1120. The summed E-state index contributed by atoms with van der Waals surface area (Å²) < 4.78 is 27.7. The van der Waals surface area contributed by atoms with Crippen LogP contribution < -0.4 is 4.31 Å². The number of benzene rings is 2. The molecule has 6 heteroatoms. The van der Waals surface area contributed by atoms with Crippen LogP contribution in [0.3, 0.4) is 0 Å². The molecule has 0 saturated carbocycles. The SMILES string of the molecule is N#Cc1ccc(S(=O)(=O)N2CCCc3cc(-c4cccnc4)ccc32)cc1. The summed E-state index contributed by atoms with van der Waals surface area (Å²) in [6.07, 6.45) is 5.13. The Morgan fingerprint density at radius 3 is 2.56 bits per heavy atom. The molecule has 2 heterocycles. The smallest absolute Gasteiger partial charge is 0.264 e. The summed E-state index contributed by atoms with van der Waals surface area (Å²) >= 11 is 0. The molecule has 0 amide bonds. The molecule has 0 fully saturated rings. The van der Waals surface area contributed by atoms with E-state index in [1.165, 1.54) is 28.6 Å². The molecule has 1 aromatic heterocycles. The van der Waals surface area contributed by atoms with Crippen LogP contribution in [0.5, 0.6) is 0 Å². The van der Waals surface area contributed by atoms with Gasteiger partial charge in [0, 0.05) is 18.9 Å². The topological polar surface area (TPSA) is 74.1 Å². The number of hydrogen-bond donors (Lipinski definition) is 0. The first-order chi connectivity index (χ1) is 13.1. The third kappa shape index (κ3) is 3.18. The van der Waals surface area contributed by atoms with E-state index in [1.807, 2.05) is 36.4 Å². The minimum atomic E-state index is -3.67. The van der Waals surface area contributed by atoms with Crippen molar-refractivity contribution in [1.82, 2.24) is 4.98 Å². The summed E-state index contributed by atoms with van der Waals surface area (Å²) in [6, 6.07) is 17.8. The molecule has 0 bridgehead atoms. The van der Waals surface area contributed by atoms with E-state index in [4.69, 9.17) is 5.26 Å². The number of hydrogen-bond acceptors (Lipinski definition) is 4. The number of nitriles is 1. The molecule has 3 aromatic rings. The van der Waals surface area contributed by atoms with Crippen molar-refractivity contribution < 1.29 is 8.42 Å². The first kappa shape index (κ1) is 17.3. The van der Waals surface area contributed by atoms with Crippen molar-refractivity contribution in [3.63, 3.8) is 0 Å². The summed E-state index contributed by atoms with van der Waals surface area (Å²) in [7, 11) is -3.67. The molecule has 1 aliphatic rings. The van der Waals surface area contributed by atoms with Crippen molar-refractivity contribution in [1.29, 1.82) is 5.26 Å². The number of nitrogens with zero attached hydrogens (tertiary/aromatic N) is 3. The second-order valence-corrected chi connectivity index (χ2v) is 8.26. The Kier molecular flexibility index (Phi) is 4.38. The van der Waals surface area contributed by atoms with Gasteiger partial charge in [0.15, 0.2) is 0 Å². The molecule has 0 aliphatic carbocycles. The van der Waals surface area contributed by atoms with Crippen LogP contribution in [0, 0.1) is 11.3 Å². The number of aromatic nitrogens is 1. The molecule has 134 valence electrons. The molecule has 0 atom stereocenters. The van der Waals surface area contributed by atoms with E-state index in [0.717, 1.165) is 35.2 Å². The zero-order valence-electron chi connectivity index (χ0n) is 14.5. The van der Waals surface area contributed by atoms with E-state index in [0.29, 0.717) is 12.1 Å². The fourth-order valence-corrected chi connectivity index (χ4v) is 4.90. The van der Waals surface area contributed by atoms with Gasteiger partial charge in [-0.15, -0.1) is 0 Å². The van der Waals surface area contributed by atoms with Crippen molar-refractivity contribution in [3.05, 3.63) is 78.1 Å². The van der Waals surface area contributed by atoms with Crippen LogP contribution in [0.15, 0.2) is 71.9 Å². The van der Waals surface area contributed by atoms with E-state index < -0.39 is 10.0 Å². The molecule has 27 heavy (non-hydrogen) atoms. The van der Waals surface area contributed by atoms with E-state index in [1.54, 1.807) is 12.4 Å². The molecule has 0 N–H and O–H groups in total. The van der Waals surface area contributed by atoms with Gasteiger partial charge < -0.3 is 0 Å². The number of anilines is 1. The fourth-order valence-electron chi connectivity index (χ4n) is 3.35. The summed E-state index contributed by atoms with van der Waals surface area (Å²) in [6.45, 7) is 0.446. The third-order valence-corrected chi connectivity index (χ3v) is 6.55. The molecular weight excluding hydrogens is 358 g/mol. The van der Waals surface area contributed by atoms with Gasteiger partial charge in [0.1, 0.15) is 0 Å². The summed E-state index contributed by atoms with van der Waals surface area (Å²) in [5.41, 5.74) is 4.21. The van der Waals surface area contributed by atoms with Gasteiger partial charge in [-0.05, 0) is 72.0 Å². The van der Waals surface area contributed by atoms with Gasteiger partial charge in [0.2, 0.25) is 0 Å². The molecule has 0 spiro atoms. The Balaban J connectivity index is 1.73. The van der Waals surface area contributed by atoms with Crippen LogP contribution in [0.2, 0.25) is 0 Å². The number of pyridine rings is 1. The Morgan fingerprint density at radius 1 is 1.04 bits per heavy atom. The van der Waals surface area contributed by atoms with Gasteiger partial charge >= 0.3 is 0 Å². The van der Waals surface area contributed by atoms with Crippen molar-refractivity contribution in [2.75, 3.05) is 10.8 Å². The highest BCUT2D eigenvalue weighted by molar-refractivity contribution is 7.92.